The van der Waals surface area contributed by atoms with Crippen LogP contribution in [0.5, 0.6) is 0 Å². The number of aromatic nitrogens is 6. The molecule has 97 heavy (non-hydrogen) atoms. The monoisotopic (exact) mass is 1280 g/mol. The molecule has 0 saturated carbocycles. The van der Waals surface area contributed by atoms with Crippen LogP contribution in [-0.4, -0.2) is 47.0 Å². The number of hydrogen-bond acceptors (Lipinski definition) is 15. The third-order valence-corrected chi connectivity index (χ3v) is 18.6. The van der Waals surface area contributed by atoms with Gasteiger partial charge in [0.15, 0.2) is 0 Å². The van der Waals surface area contributed by atoms with Crippen molar-refractivity contribution in [2.24, 2.45) is 15.0 Å². The maximum absolute atomic E-state index is 5.99. The number of anilines is 6. The van der Waals surface area contributed by atoms with E-state index in [0.717, 1.165) is 123 Å². The molecule has 6 aliphatic rings. The normalized spacial score (nSPS) is 13.9. The first-order valence-corrected chi connectivity index (χ1v) is 32.7. The van der Waals surface area contributed by atoms with Crippen molar-refractivity contribution in [1.29, 1.82) is 0 Å². The van der Waals surface area contributed by atoms with Gasteiger partial charge in [0.05, 0.1) is 33.1 Å². The van der Waals surface area contributed by atoms with Crippen molar-refractivity contribution in [3.63, 3.8) is 0 Å². The van der Waals surface area contributed by atoms with Crippen molar-refractivity contribution in [1.82, 2.24) is 29.9 Å². The Kier molecular flexibility index (Phi) is 17.8. The quantitative estimate of drug-likeness (QED) is 0.0827. The molecule has 15 heteroatoms. The summed E-state index contributed by atoms with van der Waals surface area (Å²) < 4.78 is 0. The molecule has 488 valence electrons. The Morgan fingerprint density at radius 2 is 0.598 bits per heavy atom. The van der Waals surface area contributed by atoms with E-state index in [4.69, 9.17) is 34.4 Å². The fourth-order valence-electron chi connectivity index (χ4n) is 14.2. The van der Waals surface area contributed by atoms with Gasteiger partial charge in [-0.3, -0.25) is 15.0 Å². The minimum atomic E-state index is 0. The highest BCUT2D eigenvalue weighted by atomic mass is 14.9. The number of hydrogen-bond donors (Lipinski definition) is 6. The molecule has 6 aromatic heterocycles. The molecule has 0 unspecified atom stereocenters. The van der Waals surface area contributed by atoms with Crippen molar-refractivity contribution >= 4 is 153 Å². The van der Waals surface area contributed by atoms with E-state index in [1.165, 1.54) is 116 Å². The zero-order valence-electron chi connectivity index (χ0n) is 56.9. The van der Waals surface area contributed by atoms with Crippen LogP contribution in [0.25, 0.3) is 83.6 Å². The van der Waals surface area contributed by atoms with Crippen LogP contribution >= 0.6 is 0 Å². The van der Waals surface area contributed by atoms with Crippen LogP contribution < -0.4 is 34.4 Å². The molecular weight excluding hydrogens is 1200 g/mol. The van der Waals surface area contributed by atoms with Gasteiger partial charge < -0.3 is 34.4 Å². The van der Waals surface area contributed by atoms with Crippen LogP contribution in [-0.2, 0) is 38.5 Å². The molecule has 3 aliphatic carbocycles. The molecule has 18 rings (SSSR count). The van der Waals surface area contributed by atoms with E-state index in [1.807, 2.05) is 51.1 Å². The minimum absolute atomic E-state index is 0. The second-order valence-electron chi connectivity index (χ2n) is 26.7. The second kappa shape index (κ2) is 26.2. The fourth-order valence-corrected chi connectivity index (χ4v) is 14.2. The number of nitrogens with zero attached hydrogens (tertiary/aromatic N) is 9. The van der Waals surface area contributed by atoms with Crippen molar-refractivity contribution < 1.29 is 0 Å². The number of aliphatic imine (C=N–C) groups is 3. The average Bonchev–Trinajstić information content (AvgIpc) is 1.72. The Morgan fingerprint density at radius 1 is 0.278 bits per heavy atom. The third-order valence-electron chi connectivity index (χ3n) is 18.6. The number of allylic oxidation sites excluding steroid dienone is 3. The molecule has 0 fully saturated rings. The molecule has 12 aromatic rings. The van der Waals surface area contributed by atoms with Gasteiger partial charge in [0.25, 0.3) is 0 Å². The molecule has 6 aromatic carbocycles. The van der Waals surface area contributed by atoms with E-state index in [0.29, 0.717) is 34.9 Å². The Morgan fingerprint density at radius 3 is 1.08 bits per heavy atom. The first-order valence-electron chi connectivity index (χ1n) is 32.7. The van der Waals surface area contributed by atoms with E-state index in [9.17, 15) is 0 Å². The molecule has 0 spiro atoms. The molecule has 12 N–H and O–H groups in total. The Balaban J connectivity index is 0.000000111. The second-order valence-corrected chi connectivity index (χ2v) is 26.7. The summed E-state index contributed by atoms with van der Waals surface area (Å²) in [5, 5.41) is 7.34. The van der Waals surface area contributed by atoms with Crippen LogP contribution in [0.4, 0.5) is 52.0 Å². The van der Waals surface area contributed by atoms with Gasteiger partial charge in [-0.1, -0.05) is 114 Å². The summed E-state index contributed by atoms with van der Waals surface area (Å²) in [5.74, 6) is 3.61. The van der Waals surface area contributed by atoms with Crippen LogP contribution in [0.2, 0.25) is 0 Å². The van der Waals surface area contributed by atoms with Crippen molar-refractivity contribution in [2.45, 2.75) is 129 Å². The standard InChI is InChI=1S/3C14H14N2.3C13H13N3.CH4/c1-8-3-4-10-11-5-9(2)6-12(11)14(15)16-13(10)7-8;1-8-3-4-13-11(5-8)10-6-9(2)7-12(10)14(15)16-13;1-8-6-10-11(7-8)14(15)16-12-5-3-4-9(2)13(10)12;1-7-3-4-11-9(5-7)10-6-8(2)15-12(10)13(14)16-11;1-7-3-4-9-10-6-8(2)15-12(10)13(14)16-11(9)5-7;1-7-4-3-5-10-11(7)9-6-8(2)15-12(9)13(14)16-10;/h3-4,6-7H,5H2,1-2H3,(H2,15,16);2*3-5,7H,6H2,1-2H3,(H2,15,16);3*3-5H,6H2,1-2H3,(H2,14,16);1H4. The summed E-state index contributed by atoms with van der Waals surface area (Å²) in [6.45, 7) is 25.1. The van der Waals surface area contributed by atoms with Crippen molar-refractivity contribution in [3.05, 3.63) is 209 Å². The summed E-state index contributed by atoms with van der Waals surface area (Å²) in [4.78, 5) is 40.0. The molecule has 3 aliphatic heterocycles. The number of aryl methyl sites for hydroxylation is 6. The smallest absolute Gasteiger partial charge is 0.150 e. The van der Waals surface area contributed by atoms with Gasteiger partial charge in [-0.05, 0) is 207 Å². The topological polar surface area (TPSA) is 271 Å². The van der Waals surface area contributed by atoms with E-state index >= 15 is 0 Å². The van der Waals surface area contributed by atoms with Gasteiger partial charge >= 0.3 is 0 Å². The van der Waals surface area contributed by atoms with Gasteiger partial charge in [-0.15, -0.1) is 0 Å². The Labute approximate surface area is 567 Å². The maximum atomic E-state index is 5.99. The summed E-state index contributed by atoms with van der Waals surface area (Å²) in [6.07, 6.45) is 12.1. The predicted octanol–water partition coefficient (Wildman–Crippen LogP) is 18.2. The average molecular weight is 1280 g/mol. The molecule has 0 bridgehead atoms. The molecule has 0 saturated heterocycles. The summed E-state index contributed by atoms with van der Waals surface area (Å²) in [5.41, 5.74) is 70.2. The molecular formula is C82H85N15. The number of fused-ring (bicyclic) bond motifs is 18. The number of nitrogen functional groups attached to an aromatic ring is 6. The number of benzene rings is 6. The van der Waals surface area contributed by atoms with E-state index in [1.54, 1.807) is 0 Å². The number of nitrogens with two attached hydrogens (primary N) is 6. The number of rotatable bonds is 0. The van der Waals surface area contributed by atoms with Crippen LogP contribution in [0.3, 0.4) is 0 Å². The first kappa shape index (κ1) is 65.9. The fraction of sp³-hybridized carbons (Fsp3) is 0.232. The maximum Gasteiger partial charge on any atom is 0.150 e. The summed E-state index contributed by atoms with van der Waals surface area (Å²) >= 11 is 0. The van der Waals surface area contributed by atoms with Gasteiger partial charge in [-0.2, -0.15) is 0 Å². The van der Waals surface area contributed by atoms with Crippen LogP contribution in [0.1, 0.15) is 132 Å². The summed E-state index contributed by atoms with van der Waals surface area (Å²) in [6, 6.07) is 37.6. The lowest BCUT2D eigenvalue weighted by Crippen LogP contribution is -1.99. The largest absolute Gasteiger partial charge is 0.383 e. The predicted molar refractivity (Wildman–Crippen MR) is 414 cm³/mol. The lowest BCUT2D eigenvalue weighted by Gasteiger charge is -2.09. The van der Waals surface area contributed by atoms with Gasteiger partial charge in [-0.25, -0.2) is 29.9 Å². The highest BCUT2D eigenvalue weighted by Crippen LogP contribution is 2.42. The molecule has 0 atom stereocenters. The SMILES string of the molecule is C.CC1=Cc2c(N)nc3cc(C)ccc3c2C1.CC1=Cc2c(N)nc3ccc(C)cc3c2C1.CC1=Cc2c(N)nc3cccc(C)c3c2C1.CC1=Nc2c(N)nc3cc(C)ccc3c2C1.CC1=Nc2c(N)nc3ccc(C)cc3c2C1.CC1=Nc2c(N)nc3cccc(C)c3c2C1. The molecule has 9 heterocycles. The zero-order chi connectivity index (χ0) is 67.7. The van der Waals surface area contributed by atoms with E-state index in [2.05, 4.69) is 204 Å². The summed E-state index contributed by atoms with van der Waals surface area (Å²) in [7, 11) is 0. The highest BCUT2D eigenvalue weighted by molar-refractivity contribution is 6.05. The Hall–Kier alpha value is -11.2. The molecule has 15 nitrogen and oxygen atoms in total. The van der Waals surface area contributed by atoms with Crippen molar-refractivity contribution in [3.8, 4) is 0 Å². The van der Waals surface area contributed by atoms with Gasteiger partial charge in [0.1, 0.15) is 52.0 Å². The lowest BCUT2D eigenvalue weighted by molar-refractivity contribution is 1.20. The van der Waals surface area contributed by atoms with E-state index < -0.39 is 0 Å². The Bertz CT molecular complexity index is 5150. The minimum Gasteiger partial charge on any atom is -0.383 e. The molecule has 0 amide bonds. The number of pyridine rings is 6. The third kappa shape index (κ3) is 12.8. The van der Waals surface area contributed by atoms with Crippen LogP contribution in [0.15, 0.2) is 141 Å². The zero-order valence-corrected chi connectivity index (χ0v) is 56.9. The van der Waals surface area contributed by atoms with E-state index in [-0.39, 0.29) is 7.43 Å². The first-order chi connectivity index (χ1) is 45.9. The molecule has 0 radical (unpaired) electrons. The highest BCUT2D eigenvalue weighted by Gasteiger charge is 2.24. The van der Waals surface area contributed by atoms with Crippen molar-refractivity contribution in [2.75, 3.05) is 34.4 Å². The van der Waals surface area contributed by atoms with Gasteiger partial charge in [0.2, 0.25) is 0 Å². The van der Waals surface area contributed by atoms with Crippen LogP contribution in [0, 0.1) is 41.5 Å². The van der Waals surface area contributed by atoms with Gasteiger partial charge in [0, 0.05) is 85.4 Å². The lowest BCUT2D eigenvalue weighted by atomic mass is 10.00.